The minimum atomic E-state index is 0.714. The number of anilines is 1. The van der Waals surface area contributed by atoms with E-state index in [1.54, 1.807) is 11.3 Å². The molecule has 18 heavy (non-hydrogen) atoms. The molecule has 0 fully saturated rings. The van der Waals surface area contributed by atoms with Crippen LogP contribution >= 0.6 is 22.9 Å². The Balaban J connectivity index is 2.30. The summed E-state index contributed by atoms with van der Waals surface area (Å²) in [5, 5.41) is 1.52. The molecular formula is C13H12ClN3S. The molecule has 0 spiro atoms. The first-order valence-corrected chi connectivity index (χ1v) is 6.74. The Bertz CT molecular complexity index is 742. The lowest BCUT2D eigenvalue weighted by atomic mass is 10.3. The molecule has 2 aromatic heterocycles. The van der Waals surface area contributed by atoms with Gasteiger partial charge in [0.05, 0.1) is 21.6 Å². The standard InChI is InChI=1S/C13H12ClN3S/c1-7-5-9(12(15)18-7)13-16-10-4-3-8(14)6-11(10)17(13)2/h3-6H,15H2,1-2H3. The summed E-state index contributed by atoms with van der Waals surface area (Å²) in [6.07, 6.45) is 0. The van der Waals surface area contributed by atoms with Gasteiger partial charge in [0.2, 0.25) is 0 Å². The number of rotatable bonds is 1. The average molecular weight is 278 g/mol. The molecule has 0 bridgehead atoms. The number of thiophene rings is 1. The molecule has 2 N–H and O–H groups in total. The van der Waals surface area contributed by atoms with Gasteiger partial charge in [-0.05, 0) is 31.2 Å². The first-order valence-electron chi connectivity index (χ1n) is 5.54. The van der Waals surface area contributed by atoms with Crippen LogP contribution in [0.25, 0.3) is 22.4 Å². The molecule has 0 saturated carbocycles. The van der Waals surface area contributed by atoms with Crippen LogP contribution in [0.3, 0.4) is 0 Å². The highest BCUT2D eigenvalue weighted by molar-refractivity contribution is 7.16. The Morgan fingerprint density at radius 3 is 2.78 bits per heavy atom. The third kappa shape index (κ3) is 1.69. The SMILES string of the molecule is Cc1cc(-c2nc3ccc(Cl)cc3n2C)c(N)s1. The van der Waals surface area contributed by atoms with Crippen LogP contribution in [0.5, 0.6) is 0 Å². The highest BCUT2D eigenvalue weighted by Crippen LogP contribution is 2.34. The van der Waals surface area contributed by atoms with Crippen molar-refractivity contribution in [2.45, 2.75) is 6.92 Å². The van der Waals surface area contributed by atoms with Crippen molar-refractivity contribution in [1.29, 1.82) is 0 Å². The number of hydrogen-bond acceptors (Lipinski definition) is 3. The number of nitrogens with two attached hydrogens (primary N) is 1. The minimum absolute atomic E-state index is 0.714. The van der Waals surface area contributed by atoms with E-state index in [-0.39, 0.29) is 0 Å². The number of hydrogen-bond donors (Lipinski definition) is 1. The number of halogens is 1. The van der Waals surface area contributed by atoms with E-state index in [1.807, 2.05) is 36.7 Å². The Morgan fingerprint density at radius 1 is 1.33 bits per heavy atom. The molecule has 1 aromatic carbocycles. The fraction of sp³-hybridized carbons (Fsp3) is 0.154. The summed E-state index contributed by atoms with van der Waals surface area (Å²) < 4.78 is 2.03. The molecule has 0 radical (unpaired) electrons. The van der Waals surface area contributed by atoms with Crippen LogP contribution < -0.4 is 5.73 Å². The zero-order valence-corrected chi connectivity index (χ0v) is 11.6. The summed E-state index contributed by atoms with van der Waals surface area (Å²) in [6.45, 7) is 2.05. The Hall–Kier alpha value is -1.52. The van der Waals surface area contributed by atoms with Crippen LogP contribution in [0.1, 0.15) is 4.88 Å². The molecule has 0 unspecified atom stereocenters. The van der Waals surface area contributed by atoms with Crippen LogP contribution in [0.2, 0.25) is 5.02 Å². The third-order valence-corrected chi connectivity index (χ3v) is 4.08. The van der Waals surface area contributed by atoms with Crippen LogP contribution in [0.4, 0.5) is 5.00 Å². The van der Waals surface area contributed by atoms with Gasteiger partial charge in [-0.15, -0.1) is 11.3 Å². The second-order valence-corrected chi connectivity index (χ2v) is 5.99. The van der Waals surface area contributed by atoms with E-state index in [0.717, 1.165) is 27.4 Å². The molecule has 92 valence electrons. The molecule has 3 nitrogen and oxygen atoms in total. The number of fused-ring (bicyclic) bond motifs is 1. The fourth-order valence-corrected chi connectivity index (χ4v) is 3.06. The lowest BCUT2D eigenvalue weighted by Gasteiger charge is -2.01. The first-order chi connectivity index (χ1) is 8.56. The van der Waals surface area contributed by atoms with Gasteiger partial charge in [-0.3, -0.25) is 0 Å². The molecule has 3 rings (SSSR count). The van der Waals surface area contributed by atoms with E-state index < -0.39 is 0 Å². The monoisotopic (exact) mass is 277 g/mol. The topological polar surface area (TPSA) is 43.8 Å². The van der Waals surface area contributed by atoms with Crippen molar-refractivity contribution in [2.24, 2.45) is 7.05 Å². The van der Waals surface area contributed by atoms with E-state index in [4.69, 9.17) is 17.3 Å². The van der Waals surface area contributed by atoms with E-state index in [9.17, 15) is 0 Å². The summed E-state index contributed by atoms with van der Waals surface area (Å²) in [5.41, 5.74) is 8.97. The highest BCUT2D eigenvalue weighted by Gasteiger charge is 2.14. The quantitative estimate of drug-likeness (QED) is 0.734. The highest BCUT2D eigenvalue weighted by atomic mass is 35.5. The van der Waals surface area contributed by atoms with Gasteiger partial charge in [0.1, 0.15) is 5.82 Å². The lowest BCUT2D eigenvalue weighted by molar-refractivity contribution is 0.960. The van der Waals surface area contributed by atoms with Gasteiger partial charge in [0.15, 0.2) is 0 Å². The lowest BCUT2D eigenvalue weighted by Crippen LogP contribution is -1.93. The van der Waals surface area contributed by atoms with Crippen LogP contribution in [-0.4, -0.2) is 9.55 Å². The van der Waals surface area contributed by atoms with Crippen molar-refractivity contribution < 1.29 is 0 Å². The van der Waals surface area contributed by atoms with Gasteiger partial charge in [-0.2, -0.15) is 0 Å². The number of nitrogens with zero attached hydrogens (tertiary/aromatic N) is 2. The molecule has 5 heteroatoms. The van der Waals surface area contributed by atoms with Crippen molar-refractivity contribution in [3.05, 3.63) is 34.2 Å². The molecule has 0 atom stereocenters. The second-order valence-electron chi connectivity index (χ2n) is 4.26. The summed E-state index contributed by atoms with van der Waals surface area (Å²) in [6, 6.07) is 7.77. The van der Waals surface area contributed by atoms with E-state index in [0.29, 0.717) is 5.02 Å². The molecule has 0 aliphatic carbocycles. The summed E-state index contributed by atoms with van der Waals surface area (Å²) in [5.74, 6) is 0.883. The van der Waals surface area contributed by atoms with Crippen LogP contribution in [0, 0.1) is 6.92 Å². The van der Waals surface area contributed by atoms with Gasteiger partial charge in [0.25, 0.3) is 0 Å². The fourth-order valence-electron chi connectivity index (χ4n) is 2.11. The van der Waals surface area contributed by atoms with Crippen molar-refractivity contribution in [3.8, 4) is 11.4 Å². The Kier molecular flexibility index (Phi) is 2.57. The smallest absolute Gasteiger partial charge is 0.143 e. The van der Waals surface area contributed by atoms with Crippen molar-refractivity contribution in [3.63, 3.8) is 0 Å². The van der Waals surface area contributed by atoms with Gasteiger partial charge < -0.3 is 10.3 Å². The van der Waals surface area contributed by atoms with Crippen molar-refractivity contribution in [2.75, 3.05) is 5.73 Å². The maximum absolute atomic E-state index is 6.03. The molecule has 0 amide bonds. The van der Waals surface area contributed by atoms with Gasteiger partial charge in [0, 0.05) is 16.9 Å². The average Bonchev–Trinajstić information content (AvgIpc) is 2.80. The largest absolute Gasteiger partial charge is 0.390 e. The molecule has 0 aliphatic rings. The zero-order valence-electron chi connectivity index (χ0n) is 10.1. The number of aromatic nitrogens is 2. The van der Waals surface area contributed by atoms with E-state index in [2.05, 4.69) is 11.1 Å². The number of imidazole rings is 1. The first kappa shape index (κ1) is 11.6. The van der Waals surface area contributed by atoms with E-state index in [1.165, 1.54) is 4.88 Å². The zero-order chi connectivity index (χ0) is 12.9. The molecule has 2 heterocycles. The van der Waals surface area contributed by atoms with Crippen LogP contribution in [-0.2, 0) is 7.05 Å². The predicted octanol–water partition coefficient (Wildman–Crippen LogP) is 3.85. The maximum Gasteiger partial charge on any atom is 0.143 e. The van der Waals surface area contributed by atoms with Crippen molar-refractivity contribution >= 4 is 39.0 Å². The Morgan fingerprint density at radius 2 is 2.11 bits per heavy atom. The molecule has 0 aliphatic heterocycles. The molecule has 0 saturated heterocycles. The van der Waals surface area contributed by atoms with Gasteiger partial charge >= 0.3 is 0 Å². The predicted molar refractivity (Wildman–Crippen MR) is 78.2 cm³/mol. The molecule has 3 aromatic rings. The van der Waals surface area contributed by atoms with Crippen LogP contribution in [0.15, 0.2) is 24.3 Å². The Labute approximate surface area is 114 Å². The third-order valence-electron chi connectivity index (χ3n) is 2.97. The van der Waals surface area contributed by atoms with Gasteiger partial charge in [-0.1, -0.05) is 11.6 Å². The summed E-state index contributed by atoms with van der Waals surface area (Å²) in [7, 11) is 1.98. The normalized spacial score (nSPS) is 11.3. The summed E-state index contributed by atoms with van der Waals surface area (Å²) in [4.78, 5) is 5.82. The van der Waals surface area contributed by atoms with E-state index >= 15 is 0 Å². The van der Waals surface area contributed by atoms with Gasteiger partial charge in [-0.25, -0.2) is 4.98 Å². The van der Waals surface area contributed by atoms with Crippen molar-refractivity contribution in [1.82, 2.24) is 9.55 Å². The number of nitrogen functional groups attached to an aromatic ring is 1. The second kappa shape index (κ2) is 4.00. The summed E-state index contributed by atoms with van der Waals surface area (Å²) >= 11 is 7.60. The number of benzene rings is 1. The number of aryl methyl sites for hydroxylation is 2. The maximum atomic E-state index is 6.03. The molecular weight excluding hydrogens is 266 g/mol. The minimum Gasteiger partial charge on any atom is -0.390 e.